The number of epoxide rings is 1. The summed E-state index contributed by atoms with van der Waals surface area (Å²) in [4.78, 5) is 53.2. The maximum Gasteiger partial charge on any atom is 0.311 e. The Balaban J connectivity index is 2.18. The molecule has 4 unspecified atom stereocenters. The van der Waals surface area contributed by atoms with Crippen LogP contribution in [0.1, 0.15) is 99.3 Å². The molecule has 1 aliphatic heterocycles. The Labute approximate surface area is 279 Å². The molecule has 0 spiro atoms. The van der Waals surface area contributed by atoms with Crippen LogP contribution >= 0.6 is 0 Å². The lowest BCUT2D eigenvalue weighted by Crippen LogP contribution is -2.45. The zero-order chi connectivity index (χ0) is 35.5. The van der Waals surface area contributed by atoms with Crippen LogP contribution in [0.3, 0.4) is 0 Å². The molecule has 2 aliphatic rings. The third-order valence-electron chi connectivity index (χ3n) is 9.14. The first-order chi connectivity index (χ1) is 21.9. The summed E-state index contributed by atoms with van der Waals surface area (Å²) in [6, 6.07) is 0. The number of esters is 4. The Morgan fingerprint density at radius 2 is 1.51 bits per heavy atom. The largest absolute Gasteiger partial charge is 0.469 e. The molecule has 272 valence electrons. The molecular formula is C33H56O13S. The Hall–Kier alpha value is -2.29. The average Bonchev–Trinajstić information content (AvgIpc) is 3.84. The van der Waals surface area contributed by atoms with Gasteiger partial charge in [0.15, 0.2) is 0 Å². The van der Waals surface area contributed by atoms with Crippen LogP contribution in [0.4, 0.5) is 0 Å². The van der Waals surface area contributed by atoms with Gasteiger partial charge in [-0.05, 0) is 85.0 Å². The maximum atomic E-state index is 13.6. The van der Waals surface area contributed by atoms with Crippen LogP contribution in [-0.2, 0) is 57.2 Å². The molecule has 1 N–H and O–H groups in total. The van der Waals surface area contributed by atoms with Gasteiger partial charge in [0.1, 0.15) is 25.9 Å². The van der Waals surface area contributed by atoms with Gasteiger partial charge in [-0.2, -0.15) is 8.42 Å². The van der Waals surface area contributed by atoms with Crippen molar-refractivity contribution < 1.29 is 60.6 Å². The molecule has 0 aromatic carbocycles. The number of aliphatic hydroxyl groups excluding tert-OH is 1. The summed E-state index contributed by atoms with van der Waals surface area (Å²) in [5.41, 5.74) is -3.98. The van der Waals surface area contributed by atoms with Crippen molar-refractivity contribution >= 4 is 34.0 Å². The zero-order valence-corrected chi connectivity index (χ0v) is 30.0. The highest BCUT2D eigenvalue weighted by Crippen LogP contribution is 2.47. The van der Waals surface area contributed by atoms with Crippen molar-refractivity contribution in [3.8, 4) is 0 Å². The molecule has 0 amide bonds. The molecule has 1 saturated carbocycles. The van der Waals surface area contributed by atoms with E-state index in [1.807, 2.05) is 0 Å². The van der Waals surface area contributed by atoms with Gasteiger partial charge in [-0.1, -0.05) is 13.8 Å². The van der Waals surface area contributed by atoms with Crippen LogP contribution in [0.15, 0.2) is 0 Å². The fourth-order valence-corrected chi connectivity index (χ4v) is 7.83. The highest BCUT2D eigenvalue weighted by atomic mass is 32.2. The molecular weight excluding hydrogens is 636 g/mol. The SMILES string of the molecule is CCC(CC(C)(CC(C)(CC(C)(C)C(=O)OCC1CO1)C(=O)OC)C(=O)OCCCO)C(=O)OCCOS(=O)(=O)C1CCC(C)CC1. The molecule has 2 fully saturated rings. The summed E-state index contributed by atoms with van der Waals surface area (Å²) >= 11 is 0. The van der Waals surface area contributed by atoms with Crippen molar-refractivity contribution in [2.45, 2.75) is 111 Å². The molecule has 0 radical (unpaired) electrons. The molecule has 0 aromatic rings. The highest BCUT2D eigenvalue weighted by Gasteiger charge is 2.51. The van der Waals surface area contributed by atoms with Gasteiger partial charge in [0.2, 0.25) is 0 Å². The van der Waals surface area contributed by atoms with Crippen LogP contribution in [-0.4, -0.2) is 95.5 Å². The lowest BCUT2D eigenvalue weighted by Gasteiger charge is -2.40. The smallest absolute Gasteiger partial charge is 0.311 e. The molecule has 0 aromatic heterocycles. The van der Waals surface area contributed by atoms with Gasteiger partial charge in [-0.3, -0.25) is 23.4 Å². The molecule has 1 saturated heterocycles. The first-order valence-corrected chi connectivity index (χ1v) is 18.1. The number of ether oxygens (including phenoxy) is 5. The van der Waals surface area contributed by atoms with Gasteiger partial charge < -0.3 is 28.8 Å². The van der Waals surface area contributed by atoms with Crippen LogP contribution in [0.2, 0.25) is 0 Å². The number of hydrogen-bond donors (Lipinski definition) is 1. The predicted octanol–water partition coefficient (Wildman–Crippen LogP) is 3.73. The number of carbonyl (C=O) groups excluding carboxylic acids is 4. The Bertz CT molecular complexity index is 1160. The van der Waals surface area contributed by atoms with Crippen molar-refractivity contribution in [3.63, 3.8) is 0 Å². The van der Waals surface area contributed by atoms with Crippen LogP contribution in [0.5, 0.6) is 0 Å². The second-order valence-electron chi connectivity index (χ2n) is 14.3. The number of hydrogen-bond acceptors (Lipinski definition) is 13. The van der Waals surface area contributed by atoms with Crippen molar-refractivity contribution in [3.05, 3.63) is 0 Å². The van der Waals surface area contributed by atoms with E-state index >= 15 is 0 Å². The van der Waals surface area contributed by atoms with Gasteiger partial charge >= 0.3 is 23.9 Å². The van der Waals surface area contributed by atoms with Gasteiger partial charge in [0.05, 0.1) is 47.7 Å². The molecule has 1 heterocycles. The Kier molecular flexibility index (Phi) is 15.6. The quantitative estimate of drug-likeness (QED) is 0.0605. The van der Waals surface area contributed by atoms with Crippen molar-refractivity contribution in [2.75, 3.05) is 46.8 Å². The Morgan fingerprint density at radius 3 is 2.06 bits per heavy atom. The number of aliphatic hydroxyl groups is 1. The van der Waals surface area contributed by atoms with E-state index in [4.69, 9.17) is 27.9 Å². The van der Waals surface area contributed by atoms with E-state index in [9.17, 15) is 32.7 Å². The van der Waals surface area contributed by atoms with Crippen molar-refractivity contribution in [2.24, 2.45) is 28.1 Å². The van der Waals surface area contributed by atoms with Crippen LogP contribution in [0, 0.1) is 28.1 Å². The maximum absolute atomic E-state index is 13.6. The molecule has 14 heteroatoms. The van der Waals surface area contributed by atoms with Gasteiger partial charge in [0, 0.05) is 13.0 Å². The van der Waals surface area contributed by atoms with Crippen LogP contribution < -0.4 is 0 Å². The molecule has 0 bridgehead atoms. The second kappa shape index (κ2) is 17.9. The predicted molar refractivity (Wildman–Crippen MR) is 170 cm³/mol. The minimum absolute atomic E-state index is 0.0382. The summed E-state index contributed by atoms with van der Waals surface area (Å²) in [5, 5.41) is 8.64. The molecule has 13 nitrogen and oxygen atoms in total. The third-order valence-corrected chi connectivity index (χ3v) is 10.9. The zero-order valence-electron chi connectivity index (χ0n) is 29.2. The van der Waals surface area contributed by atoms with E-state index in [0.717, 1.165) is 12.8 Å². The normalized spacial score (nSPS) is 23.0. The lowest BCUT2D eigenvalue weighted by atomic mass is 9.63. The van der Waals surface area contributed by atoms with E-state index in [1.54, 1.807) is 34.6 Å². The summed E-state index contributed by atoms with van der Waals surface area (Å²) < 4.78 is 57.0. The summed E-state index contributed by atoms with van der Waals surface area (Å²) in [5.74, 6) is -2.87. The van der Waals surface area contributed by atoms with E-state index in [0.29, 0.717) is 25.4 Å². The minimum Gasteiger partial charge on any atom is -0.469 e. The van der Waals surface area contributed by atoms with Crippen molar-refractivity contribution in [1.82, 2.24) is 0 Å². The number of rotatable bonds is 21. The fraction of sp³-hybridized carbons (Fsp3) is 0.879. The molecule has 1 aliphatic carbocycles. The molecule has 4 atom stereocenters. The third kappa shape index (κ3) is 12.6. The number of carbonyl (C=O) groups is 4. The van der Waals surface area contributed by atoms with Gasteiger partial charge in [-0.25, -0.2) is 0 Å². The summed E-state index contributed by atoms with van der Waals surface area (Å²) in [6.07, 6.45) is 2.77. The fourth-order valence-electron chi connectivity index (χ4n) is 6.48. The summed E-state index contributed by atoms with van der Waals surface area (Å²) in [7, 11) is -2.57. The van der Waals surface area contributed by atoms with Gasteiger partial charge in [0.25, 0.3) is 10.1 Å². The average molecular weight is 693 g/mol. The standard InChI is InChI=1S/C33H56O13S/c1-8-24(27(35)42-16-17-46-47(39,40)26-12-10-23(2)11-13-26)18-32(5,30(38)43-15-9-14-34)22-33(6,29(37)41-7)21-31(3,4)28(36)45-20-25-19-44-25/h23-26,34H,8-22H2,1-7H3. The van der Waals surface area contributed by atoms with Gasteiger partial charge in [-0.15, -0.1) is 0 Å². The highest BCUT2D eigenvalue weighted by molar-refractivity contribution is 7.87. The topological polar surface area (TPSA) is 181 Å². The molecule has 2 rings (SSSR count). The Morgan fingerprint density at radius 1 is 0.872 bits per heavy atom. The first-order valence-electron chi connectivity index (χ1n) is 16.6. The van der Waals surface area contributed by atoms with E-state index < -0.39 is 61.4 Å². The van der Waals surface area contributed by atoms with Crippen LogP contribution in [0.25, 0.3) is 0 Å². The molecule has 47 heavy (non-hydrogen) atoms. The summed E-state index contributed by atoms with van der Waals surface area (Å²) in [6.45, 7) is 10.0. The minimum atomic E-state index is -3.79. The first kappa shape index (κ1) is 40.9. The second-order valence-corrected chi connectivity index (χ2v) is 16.2. The number of methoxy groups -OCH3 is 1. The van der Waals surface area contributed by atoms with E-state index in [2.05, 4.69) is 6.92 Å². The van der Waals surface area contributed by atoms with Crippen molar-refractivity contribution in [1.29, 1.82) is 0 Å². The van der Waals surface area contributed by atoms with E-state index in [-0.39, 0.29) is 71.2 Å². The lowest BCUT2D eigenvalue weighted by molar-refractivity contribution is -0.169. The van der Waals surface area contributed by atoms with E-state index in [1.165, 1.54) is 7.11 Å². The monoisotopic (exact) mass is 692 g/mol.